The van der Waals surface area contributed by atoms with Crippen molar-refractivity contribution in [3.63, 3.8) is 0 Å². The highest BCUT2D eigenvalue weighted by Crippen LogP contribution is 2.28. The number of para-hydroxylation sites is 1. The fraction of sp³-hybridized carbons (Fsp3) is 0.333. The smallest absolute Gasteiger partial charge is 0.305 e. The number of hydrogen-bond acceptors (Lipinski definition) is 8. The number of carbonyl (C=O) groups is 1. The Labute approximate surface area is 173 Å². The molecule has 0 aliphatic rings. The third-order valence-electron chi connectivity index (χ3n) is 4.19. The molecular weight excluding hydrogens is 411 g/mol. The third kappa shape index (κ3) is 5.76. The van der Waals surface area contributed by atoms with Crippen molar-refractivity contribution in [1.29, 1.82) is 0 Å². The molecule has 30 heavy (non-hydrogen) atoms. The van der Waals surface area contributed by atoms with Crippen molar-refractivity contribution in [2.45, 2.75) is 32.6 Å². The number of nitrogen functional groups attached to an aromatic ring is 1. The molecule has 3 rings (SSSR count). The van der Waals surface area contributed by atoms with Crippen molar-refractivity contribution in [3.05, 3.63) is 42.5 Å². The molecule has 1 unspecified atom stereocenters. The van der Waals surface area contributed by atoms with E-state index in [0.29, 0.717) is 29.3 Å². The van der Waals surface area contributed by atoms with Crippen LogP contribution in [0.4, 0.5) is 5.82 Å². The Balaban J connectivity index is 1.57. The van der Waals surface area contributed by atoms with Crippen LogP contribution in [0.1, 0.15) is 18.9 Å². The zero-order valence-electron chi connectivity index (χ0n) is 16.3. The quantitative estimate of drug-likeness (QED) is 0.381. The molecule has 4 N–H and O–H groups in total. The monoisotopic (exact) mass is 434 g/mol. The summed E-state index contributed by atoms with van der Waals surface area (Å²) in [4.78, 5) is 22.9. The predicted molar refractivity (Wildman–Crippen MR) is 110 cm³/mol. The van der Waals surface area contributed by atoms with Crippen molar-refractivity contribution >= 4 is 31.1 Å². The molecule has 3 aromatic rings. The molecule has 11 nitrogen and oxygen atoms in total. The van der Waals surface area contributed by atoms with E-state index in [1.165, 1.54) is 6.33 Å². The van der Waals surface area contributed by atoms with Gasteiger partial charge in [-0.15, -0.1) is 0 Å². The van der Waals surface area contributed by atoms with Crippen molar-refractivity contribution in [3.8, 4) is 5.75 Å². The molecule has 0 spiro atoms. The van der Waals surface area contributed by atoms with Crippen molar-refractivity contribution < 1.29 is 23.7 Å². The van der Waals surface area contributed by atoms with Crippen LogP contribution in [0.5, 0.6) is 5.75 Å². The Kier molecular flexibility index (Phi) is 7.34. The molecule has 0 amide bonds. The summed E-state index contributed by atoms with van der Waals surface area (Å²) < 4.78 is 25.2. The molecule has 1 aromatic carbocycles. The standard InChI is InChI=1S/C18H23N6O5P/c1-12(8-24-11-22-16-17(19)20-10-21-18(16)24)28-9-13-4-2-3-5-14(13)29-30(27)23-7-6-15(25)26/h2-5,10-12,30H,6-9H2,1H3,(H,23,27)(H,25,26)(H2,19,20,21)/t12-/m1/s1. The molecule has 2 atom stereocenters. The van der Waals surface area contributed by atoms with E-state index in [0.717, 1.165) is 5.56 Å². The number of carboxylic acids is 1. The Hall–Kier alpha value is -3.01. The number of fused-ring (bicyclic) bond motifs is 1. The van der Waals surface area contributed by atoms with Crippen LogP contribution >= 0.6 is 8.18 Å². The minimum Gasteiger partial charge on any atom is -0.481 e. The van der Waals surface area contributed by atoms with E-state index in [1.807, 2.05) is 23.6 Å². The van der Waals surface area contributed by atoms with E-state index >= 15 is 0 Å². The van der Waals surface area contributed by atoms with Gasteiger partial charge in [0.05, 0.1) is 32.0 Å². The number of ether oxygens (including phenoxy) is 1. The number of aliphatic carboxylic acids is 1. The first kappa shape index (κ1) is 21.7. The third-order valence-corrected chi connectivity index (χ3v) is 5.13. The topological polar surface area (TPSA) is 154 Å². The Bertz CT molecular complexity index is 1040. The van der Waals surface area contributed by atoms with Gasteiger partial charge in [-0.1, -0.05) is 18.2 Å². The zero-order chi connectivity index (χ0) is 21.5. The number of aromatic nitrogens is 4. The van der Waals surface area contributed by atoms with Crippen molar-refractivity contribution in [2.24, 2.45) is 0 Å². The van der Waals surface area contributed by atoms with Crippen LogP contribution in [0.15, 0.2) is 36.9 Å². The van der Waals surface area contributed by atoms with E-state index in [-0.39, 0.29) is 25.7 Å². The number of nitrogens with one attached hydrogen (secondary N) is 1. The molecule has 160 valence electrons. The fourth-order valence-corrected chi connectivity index (χ4v) is 3.52. The highest BCUT2D eigenvalue weighted by molar-refractivity contribution is 7.37. The van der Waals surface area contributed by atoms with E-state index in [1.54, 1.807) is 18.5 Å². The van der Waals surface area contributed by atoms with Crippen molar-refractivity contribution in [2.75, 3.05) is 12.3 Å². The van der Waals surface area contributed by atoms with Crippen LogP contribution in [0.25, 0.3) is 11.2 Å². The first-order valence-electron chi connectivity index (χ1n) is 9.22. The average molecular weight is 434 g/mol. The lowest BCUT2D eigenvalue weighted by molar-refractivity contribution is -0.136. The van der Waals surface area contributed by atoms with Gasteiger partial charge in [0.25, 0.3) is 0 Å². The van der Waals surface area contributed by atoms with E-state index in [9.17, 15) is 9.36 Å². The van der Waals surface area contributed by atoms with E-state index in [2.05, 4.69) is 20.0 Å². The highest BCUT2D eigenvalue weighted by Gasteiger charge is 2.13. The maximum atomic E-state index is 12.0. The Morgan fingerprint density at radius 2 is 2.13 bits per heavy atom. The van der Waals surface area contributed by atoms with Gasteiger partial charge in [-0.05, 0) is 13.0 Å². The number of anilines is 1. The summed E-state index contributed by atoms with van der Waals surface area (Å²) in [5.74, 6) is -0.226. The summed E-state index contributed by atoms with van der Waals surface area (Å²) in [6, 6.07) is 7.09. The maximum absolute atomic E-state index is 12.0. The minimum atomic E-state index is -2.62. The Morgan fingerprint density at radius 1 is 1.33 bits per heavy atom. The number of carboxylic acid groups (broad SMARTS) is 1. The number of rotatable bonds is 11. The first-order valence-corrected chi connectivity index (χ1v) is 10.5. The minimum absolute atomic E-state index is 0.0652. The van der Waals surface area contributed by atoms with Gasteiger partial charge in [-0.2, -0.15) is 0 Å². The maximum Gasteiger partial charge on any atom is 0.305 e. The van der Waals surface area contributed by atoms with Crippen molar-refractivity contribution in [1.82, 2.24) is 24.6 Å². The van der Waals surface area contributed by atoms with Crippen LogP contribution < -0.4 is 15.3 Å². The molecule has 0 aliphatic heterocycles. The molecule has 0 saturated heterocycles. The molecule has 12 heteroatoms. The number of nitrogens with zero attached hydrogens (tertiary/aromatic N) is 4. The largest absolute Gasteiger partial charge is 0.481 e. The van der Waals surface area contributed by atoms with Gasteiger partial charge >= 0.3 is 14.1 Å². The van der Waals surface area contributed by atoms with E-state index in [4.69, 9.17) is 20.1 Å². The summed E-state index contributed by atoms with van der Waals surface area (Å²) in [5.41, 5.74) is 7.71. The van der Waals surface area contributed by atoms with Gasteiger partial charge in [0.2, 0.25) is 0 Å². The van der Waals surface area contributed by atoms with Crippen LogP contribution in [-0.4, -0.2) is 43.2 Å². The van der Waals surface area contributed by atoms with Crippen LogP contribution in [-0.2, 0) is 27.2 Å². The molecule has 2 heterocycles. The lowest BCUT2D eigenvalue weighted by atomic mass is 10.2. The first-order chi connectivity index (χ1) is 14.4. The number of hydrogen-bond donors (Lipinski definition) is 3. The molecular formula is C18H23N6O5P. The van der Waals surface area contributed by atoms with Crippen LogP contribution in [0.2, 0.25) is 0 Å². The average Bonchev–Trinajstić information content (AvgIpc) is 3.11. The molecule has 0 bridgehead atoms. The second kappa shape index (κ2) is 10.1. The van der Waals surface area contributed by atoms with Gasteiger partial charge < -0.3 is 24.7 Å². The van der Waals surface area contributed by atoms with Gasteiger partial charge in [0, 0.05) is 12.1 Å². The summed E-state index contributed by atoms with van der Waals surface area (Å²) in [7, 11) is -2.62. The van der Waals surface area contributed by atoms with Gasteiger partial charge in [0.15, 0.2) is 11.5 Å². The number of benzene rings is 1. The molecule has 0 saturated carbocycles. The van der Waals surface area contributed by atoms with Gasteiger partial charge in [-0.25, -0.2) is 20.0 Å². The van der Waals surface area contributed by atoms with E-state index < -0.39 is 14.1 Å². The zero-order valence-corrected chi connectivity index (χ0v) is 17.3. The Morgan fingerprint density at radius 3 is 2.93 bits per heavy atom. The summed E-state index contributed by atoms with van der Waals surface area (Å²) in [6.07, 6.45) is 2.71. The second-order valence-corrected chi connectivity index (χ2v) is 7.65. The number of imidazole rings is 1. The highest BCUT2D eigenvalue weighted by atomic mass is 31.1. The van der Waals surface area contributed by atoms with Crippen LogP contribution in [0, 0.1) is 0 Å². The summed E-state index contributed by atoms with van der Waals surface area (Å²) in [6.45, 7) is 2.72. The molecule has 0 radical (unpaired) electrons. The lowest BCUT2D eigenvalue weighted by Gasteiger charge is -2.16. The normalized spacial score (nSPS) is 13.2. The van der Waals surface area contributed by atoms with Gasteiger partial charge in [-0.3, -0.25) is 9.36 Å². The van der Waals surface area contributed by atoms with Crippen LogP contribution in [0.3, 0.4) is 0 Å². The molecule has 0 aliphatic carbocycles. The van der Waals surface area contributed by atoms with Gasteiger partial charge in [0.1, 0.15) is 17.6 Å². The number of nitrogens with two attached hydrogens (primary N) is 1. The second-order valence-electron chi connectivity index (χ2n) is 6.52. The molecule has 2 aromatic heterocycles. The summed E-state index contributed by atoms with van der Waals surface area (Å²) >= 11 is 0. The summed E-state index contributed by atoms with van der Waals surface area (Å²) in [5, 5.41) is 11.2. The predicted octanol–water partition coefficient (Wildman–Crippen LogP) is 1.85. The fourth-order valence-electron chi connectivity index (χ4n) is 2.72. The molecule has 0 fully saturated rings. The SMILES string of the molecule is C[C@H](Cn1cnc2c(N)ncnc21)OCc1ccccc1O[PH](=O)NCCC(=O)O. The lowest BCUT2D eigenvalue weighted by Crippen LogP contribution is -2.16.